The van der Waals surface area contributed by atoms with Crippen molar-refractivity contribution in [3.05, 3.63) is 35.9 Å². The number of aryl methyl sites for hydroxylation is 1. The zero-order valence-electron chi connectivity index (χ0n) is 10.7. The first kappa shape index (κ1) is 14.2. The first-order valence-electron chi connectivity index (χ1n) is 5.77. The fourth-order valence-electron chi connectivity index (χ4n) is 1.54. The summed E-state index contributed by atoms with van der Waals surface area (Å²) in [5.74, 6) is 0. The van der Waals surface area contributed by atoms with Gasteiger partial charge in [0.05, 0.1) is 6.26 Å². The summed E-state index contributed by atoms with van der Waals surface area (Å²) in [6.07, 6.45) is 3.12. The summed E-state index contributed by atoms with van der Waals surface area (Å²) in [6.45, 7) is 4.64. The van der Waals surface area contributed by atoms with Crippen LogP contribution in [0.4, 0.5) is 0 Å². The average molecular weight is 255 g/mol. The van der Waals surface area contributed by atoms with Gasteiger partial charge in [0.2, 0.25) is 10.0 Å². The molecule has 0 saturated carbocycles. The van der Waals surface area contributed by atoms with E-state index in [1.165, 1.54) is 11.8 Å². The highest BCUT2D eigenvalue weighted by Crippen LogP contribution is 2.22. The smallest absolute Gasteiger partial charge is 0.208 e. The molecule has 0 aromatic heterocycles. The summed E-state index contributed by atoms with van der Waals surface area (Å²) in [7, 11) is -3.09. The Labute approximate surface area is 104 Å². The molecule has 0 spiro atoms. The molecular formula is C13H21NO2S. The van der Waals surface area contributed by atoms with Gasteiger partial charge in [-0.05, 0) is 23.8 Å². The Morgan fingerprint density at radius 3 is 2.29 bits per heavy atom. The van der Waals surface area contributed by atoms with Gasteiger partial charge in [-0.25, -0.2) is 13.1 Å². The van der Waals surface area contributed by atoms with Gasteiger partial charge in [0, 0.05) is 6.54 Å². The molecule has 0 amide bonds. The van der Waals surface area contributed by atoms with Gasteiger partial charge < -0.3 is 0 Å². The Morgan fingerprint density at radius 2 is 1.76 bits per heavy atom. The van der Waals surface area contributed by atoms with E-state index in [0.717, 1.165) is 12.8 Å². The molecule has 0 fully saturated rings. The number of nitrogens with one attached hydrogen (secondary N) is 1. The molecule has 0 saturated heterocycles. The quantitative estimate of drug-likeness (QED) is 0.847. The van der Waals surface area contributed by atoms with Crippen LogP contribution in [0, 0.1) is 5.41 Å². The maximum absolute atomic E-state index is 11.0. The lowest BCUT2D eigenvalue weighted by Crippen LogP contribution is -2.33. The molecule has 0 heterocycles. The van der Waals surface area contributed by atoms with Crippen molar-refractivity contribution in [3.63, 3.8) is 0 Å². The molecule has 1 aromatic carbocycles. The van der Waals surface area contributed by atoms with Crippen molar-refractivity contribution in [2.24, 2.45) is 5.41 Å². The van der Waals surface area contributed by atoms with E-state index in [-0.39, 0.29) is 5.41 Å². The van der Waals surface area contributed by atoms with Crippen LogP contribution in [0.5, 0.6) is 0 Å². The first-order valence-corrected chi connectivity index (χ1v) is 7.66. The van der Waals surface area contributed by atoms with E-state index in [4.69, 9.17) is 0 Å². The van der Waals surface area contributed by atoms with Crippen LogP contribution in [-0.4, -0.2) is 21.2 Å². The van der Waals surface area contributed by atoms with Gasteiger partial charge >= 0.3 is 0 Å². The molecule has 0 radical (unpaired) electrons. The Morgan fingerprint density at radius 1 is 1.18 bits per heavy atom. The minimum absolute atomic E-state index is 0.0288. The predicted octanol–water partition coefficient (Wildman–Crippen LogP) is 2.19. The van der Waals surface area contributed by atoms with Crippen LogP contribution in [0.25, 0.3) is 0 Å². The van der Waals surface area contributed by atoms with Crippen LogP contribution in [0.3, 0.4) is 0 Å². The molecule has 0 aliphatic heterocycles. The SMILES string of the molecule is CC(C)(CCc1ccccc1)CNS(C)(=O)=O. The van der Waals surface area contributed by atoms with Crippen molar-refractivity contribution in [3.8, 4) is 0 Å². The van der Waals surface area contributed by atoms with Crippen molar-refractivity contribution in [2.75, 3.05) is 12.8 Å². The van der Waals surface area contributed by atoms with Crippen molar-refractivity contribution in [1.82, 2.24) is 4.72 Å². The third kappa shape index (κ3) is 6.44. The Kier molecular flexibility index (Phi) is 4.71. The zero-order chi connectivity index (χ0) is 12.9. The summed E-state index contributed by atoms with van der Waals surface area (Å²) >= 11 is 0. The maximum atomic E-state index is 11.0. The summed E-state index contributed by atoms with van der Waals surface area (Å²) in [6, 6.07) is 10.2. The van der Waals surface area contributed by atoms with Gasteiger partial charge in [-0.3, -0.25) is 0 Å². The molecule has 0 aliphatic rings. The fraction of sp³-hybridized carbons (Fsp3) is 0.538. The van der Waals surface area contributed by atoms with Gasteiger partial charge in [-0.1, -0.05) is 44.2 Å². The Bertz CT molecular complexity index is 438. The summed E-state index contributed by atoms with van der Waals surface area (Å²) in [5, 5.41) is 0. The normalized spacial score (nSPS) is 12.6. The lowest BCUT2D eigenvalue weighted by molar-refractivity contribution is 0.335. The molecule has 4 heteroatoms. The molecule has 0 aliphatic carbocycles. The molecule has 1 N–H and O–H groups in total. The number of sulfonamides is 1. The number of benzene rings is 1. The average Bonchev–Trinajstić information content (AvgIpc) is 2.25. The van der Waals surface area contributed by atoms with Crippen LogP contribution in [0.2, 0.25) is 0 Å². The topological polar surface area (TPSA) is 46.2 Å². The summed E-state index contributed by atoms with van der Waals surface area (Å²) in [5.41, 5.74) is 1.26. The van der Waals surface area contributed by atoms with Crippen LogP contribution < -0.4 is 4.72 Å². The van der Waals surface area contributed by atoms with Gasteiger partial charge in [0.1, 0.15) is 0 Å². The van der Waals surface area contributed by atoms with Gasteiger partial charge in [-0.15, -0.1) is 0 Å². The third-order valence-electron chi connectivity index (χ3n) is 2.75. The predicted molar refractivity (Wildman–Crippen MR) is 71.4 cm³/mol. The van der Waals surface area contributed by atoms with Crippen molar-refractivity contribution < 1.29 is 8.42 Å². The van der Waals surface area contributed by atoms with Crippen LogP contribution >= 0.6 is 0 Å². The Balaban J connectivity index is 2.45. The van der Waals surface area contributed by atoms with E-state index >= 15 is 0 Å². The van der Waals surface area contributed by atoms with Gasteiger partial charge in [0.25, 0.3) is 0 Å². The van der Waals surface area contributed by atoms with Crippen LogP contribution in [-0.2, 0) is 16.4 Å². The lowest BCUT2D eigenvalue weighted by atomic mass is 9.86. The maximum Gasteiger partial charge on any atom is 0.208 e. The summed E-state index contributed by atoms with van der Waals surface area (Å²) in [4.78, 5) is 0. The zero-order valence-corrected chi connectivity index (χ0v) is 11.5. The largest absolute Gasteiger partial charge is 0.215 e. The molecule has 1 rings (SSSR count). The fourth-order valence-corrected chi connectivity index (χ4v) is 2.20. The molecule has 0 unspecified atom stereocenters. The van der Waals surface area contributed by atoms with Crippen molar-refractivity contribution in [2.45, 2.75) is 26.7 Å². The minimum atomic E-state index is -3.09. The van der Waals surface area contributed by atoms with E-state index in [2.05, 4.69) is 30.7 Å². The van der Waals surface area contributed by atoms with Crippen LogP contribution in [0.1, 0.15) is 25.8 Å². The molecule has 0 atom stereocenters. The van der Waals surface area contributed by atoms with E-state index in [1.807, 2.05) is 18.2 Å². The number of hydrogen-bond donors (Lipinski definition) is 1. The minimum Gasteiger partial charge on any atom is -0.215 e. The van der Waals surface area contributed by atoms with Crippen LogP contribution in [0.15, 0.2) is 30.3 Å². The van der Waals surface area contributed by atoms with E-state index in [0.29, 0.717) is 6.54 Å². The first-order chi connectivity index (χ1) is 7.79. The van der Waals surface area contributed by atoms with Crippen molar-refractivity contribution in [1.29, 1.82) is 0 Å². The Hall–Kier alpha value is -0.870. The molecule has 96 valence electrons. The lowest BCUT2D eigenvalue weighted by Gasteiger charge is -2.24. The van der Waals surface area contributed by atoms with E-state index < -0.39 is 10.0 Å². The highest BCUT2D eigenvalue weighted by Gasteiger charge is 2.19. The highest BCUT2D eigenvalue weighted by atomic mass is 32.2. The standard InChI is InChI=1S/C13H21NO2S/c1-13(2,11-14-17(3,15)16)10-9-12-7-5-4-6-8-12/h4-8,14H,9-11H2,1-3H3. The monoisotopic (exact) mass is 255 g/mol. The van der Waals surface area contributed by atoms with Gasteiger partial charge in [0.15, 0.2) is 0 Å². The second-order valence-electron chi connectivity index (χ2n) is 5.24. The summed E-state index contributed by atoms with van der Waals surface area (Å²) < 4.78 is 24.7. The second kappa shape index (κ2) is 5.65. The van der Waals surface area contributed by atoms with Gasteiger partial charge in [-0.2, -0.15) is 0 Å². The van der Waals surface area contributed by atoms with E-state index in [9.17, 15) is 8.42 Å². The highest BCUT2D eigenvalue weighted by molar-refractivity contribution is 7.88. The number of rotatable bonds is 6. The second-order valence-corrected chi connectivity index (χ2v) is 7.08. The van der Waals surface area contributed by atoms with E-state index in [1.54, 1.807) is 0 Å². The molecular weight excluding hydrogens is 234 g/mol. The number of hydrogen-bond acceptors (Lipinski definition) is 2. The van der Waals surface area contributed by atoms with Crippen molar-refractivity contribution >= 4 is 10.0 Å². The molecule has 3 nitrogen and oxygen atoms in total. The molecule has 1 aromatic rings. The molecule has 0 bridgehead atoms. The third-order valence-corrected chi connectivity index (χ3v) is 3.41. The molecule has 17 heavy (non-hydrogen) atoms.